The smallest absolute Gasteiger partial charge is 0.306 e. The van der Waals surface area contributed by atoms with Crippen molar-refractivity contribution in [2.45, 2.75) is 239 Å². The maximum absolute atomic E-state index is 12.8. The lowest BCUT2D eigenvalue weighted by Crippen LogP contribution is -2.30. The summed E-state index contributed by atoms with van der Waals surface area (Å²) in [5.41, 5.74) is 0. The second-order valence-corrected chi connectivity index (χ2v) is 17.0. The molecule has 0 aliphatic heterocycles. The number of carbonyl (C=O) groups excluding carboxylic acids is 3. The van der Waals surface area contributed by atoms with Crippen molar-refractivity contribution in [2.75, 3.05) is 13.2 Å². The van der Waals surface area contributed by atoms with Crippen LogP contribution in [0.5, 0.6) is 0 Å². The highest BCUT2D eigenvalue weighted by Gasteiger charge is 2.19. The molecule has 364 valence electrons. The Bertz CT molecular complexity index is 1300. The summed E-state index contributed by atoms with van der Waals surface area (Å²) in [5, 5.41) is 0. The third-order valence-electron chi connectivity index (χ3n) is 10.8. The zero-order valence-corrected chi connectivity index (χ0v) is 41.5. The Kier molecular flexibility index (Phi) is 49.0. The number of hydrogen-bond acceptors (Lipinski definition) is 6. The largest absolute Gasteiger partial charge is 0.462 e. The Morgan fingerprint density at radius 1 is 0.344 bits per heavy atom. The van der Waals surface area contributed by atoms with E-state index in [0.29, 0.717) is 19.3 Å². The van der Waals surface area contributed by atoms with Gasteiger partial charge in [-0.25, -0.2) is 0 Å². The summed E-state index contributed by atoms with van der Waals surface area (Å²) >= 11 is 0. The third kappa shape index (κ3) is 49.3. The molecule has 6 nitrogen and oxygen atoms in total. The number of carbonyl (C=O) groups is 3. The van der Waals surface area contributed by atoms with Gasteiger partial charge in [-0.05, 0) is 109 Å². The molecule has 0 aromatic carbocycles. The van der Waals surface area contributed by atoms with Gasteiger partial charge >= 0.3 is 17.9 Å². The summed E-state index contributed by atoms with van der Waals surface area (Å²) in [6.07, 6.45) is 68.2. The lowest BCUT2D eigenvalue weighted by molar-refractivity contribution is -0.167. The van der Waals surface area contributed by atoms with Gasteiger partial charge in [-0.3, -0.25) is 14.4 Å². The molecule has 6 heteroatoms. The van der Waals surface area contributed by atoms with Gasteiger partial charge in [0, 0.05) is 19.3 Å². The fraction of sp³-hybridized carbons (Fsp3) is 0.672. The number of allylic oxidation sites excluding steroid dienone is 16. The van der Waals surface area contributed by atoms with Crippen molar-refractivity contribution >= 4 is 17.9 Å². The number of unbranched alkanes of at least 4 members (excludes halogenated alkanes) is 20. The fourth-order valence-corrected chi connectivity index (χ4v) is 6.93. The molecule has 0 N–H and O–H groups in total. The van der Waals surface area contributed by atoms with Crippen LogP contribution in [0, 0.1) is 0 Å². The first-order chi connectivity index (χ1) is 31.5. The molecule has 0 amide bonds. The van der Waals surface area contributed by atoms with E-state index in [1.807, 2.05) is 0 Å². The van der Waals surface area contributed by atoms with Gasteiger partial charge in [0.05, 0.1) is 0 Å². The highest BCUT2D eigenvalue weighted by atomic mass is 16.6. The predicted octanol–water partition coefficient (Wildman–Crippen LogP) is 17.4. The monoisotopic (exact) mass is 889 g/mol. The number of hydrogen-bond donors (Lipinski definition) is 0. The third-order valence-corrected chi connectivity index (χ3v) is 10.8. The first-order valence-corrected chi connectivity index (χ1v) is 26.3. The van der Waals surface area contributed by atoms with Crippen LogP contribution in [0.1, 0.15) is 233 Å². The quantitative estimate of drug-likeness (QED) is 0.0199. The van der Waals surface area contributed by atoms with Crippen LogP contribution in [0.3, 0.4) is 0 Å². The van der Waals surface area contributed by atoms with E-state index in [1.54, 1.807) is 0 Å². The van der Waals surface area contributed by atoms with E-state index in [9.17, 15) is 14.4 Å². The fourth-order valence-electron chi connectivity index (χ4n) is 6.93. The van der Waals surface area contributed by atoms with Crippen LogP contribution in [0.15, 0.2) is 97.2 Å². The van der Waals surface area contributed by atoms with Gasteiger partial charge in [0.25, 0.3) is 0 Å². The van der Waals surface area contributed by atoms with Crippen LogP contribution in [-0.4, -0.2) is 37.2 Å². The number of esters is 3. The van der Waals surface area contributed by atoms with Gasteiger partial charge < -0.3 is 14.2 Å². The van der Waals surface area contributed by atoms with Crippen LogP contribution >= 0.6 is 0 Å². The Morgan fingerprint density at radius 2 is 0.656 bits per heavy atom. The van der Waals surface area contributed by atoms with Crippen molar-refractivity contribution in [1.82, 2.24) is 0 Å². The topological polar surface area (TPSA) is 78.9 Å². The van der Waals surface area contributed by atoms with Crippen molar-refractivity contribution in [3.05, 3.63) is 97.2 Å². The molecule has 0 spiro atoms. The zero-order chi connectivity index (χ0) is 46.5. The molecule has 0 heterocycles. The van der Waals surface area contributed by atoms with Gasteiger partial charge in [-0.15, -0.1) is 0 Å². The number of rotatable bonds is 46. The average Bonchev–Trinajstić information content (AvgIpc) is 3.29. The second-order valence-electron chi connectivity index (χ2n) is 17.0. The van der Waals surface area contributed by atoms with Crippen LogP contribution in [0.4, 0.5) is 0 Å². The van der Waals surface area contributed by atoms with Crippen molar-refractivity contribution < 1.29 is 28.6 Å². The van der Waals surface area contributed by atoms with Gasteiger partial charge in [0.15, 0.2) is 6.10 Å². The van der Waals surface area contributed by atoms with Crippen molar-refractivity contribution in [3.8, 4) is 0 Å². The van der Waals surface area contributed by atoms with Crippen molar-refractivity contribution in [2.24, 2.45) is 0 Å². The molecule has 0 saturated heterocycles. The minimum atomic E-state index is -0.806. The summed E-state index contributed by atoms with van der Waals surface area (Å²) in [6, 6.07) is 0. The minimum absolute atomic E-state index is 0.103. The average molecular weight is 889 g/mol. The summed E-state index contributed by atoms with van der Waals surface area (Å²) in [4.78, 5) is 38.0. The molecule has 0 saturated carbocycles. The first-order valence-electron chi connectivity index (χ1n) is 26.3. The lowest BCUT2D eigenvalue weighted by atomic mass is 10.1. The van der Waals surface area contributed by atoms with E-state index in [0.717, 1.165) is 141 Å². The SMILES string of the molecule is CC/C=C\C/C=C\C/C=C\CCCCCCC(=O)OCC(COC(=O)CCCCCCC/C=C\C=C/CCCCCCCCC)OC(=O)CCCCCC/C=C\C/C=C\C/C=C\CC. The summed E-state index contributed by atoms with van der Waals surface area (Å²) in [5.74, 6) is -0.965. The standard InChI is InChI=1S/C58H96O6/c1-4-7-10-13-16-19-22-25-28-29-30-31-34-36-39-42-45-48-51-57(60)63-54-55(64-58(61)52-49-46-43-40-37-33-27-24-21-18-15-12-9-6-3)53-62-56(59)50-47-44-41-38-35-32-26-23-20-17-14-11-8-5-2/h8-9,11-12,17-18,20-21,26-33,55H,4-7,10,13-16,19,22-25,34-54H2,1-3H3/b11-8-,12-9-,20-17-,21-18-,29-28-,31-30-,32-26-,33-27-. The molecule has 1 atom stereocenters. The Labute approximate surface area is 394 Å². The first kappa shape index (κ1) is 60.3. The van der Waals surface area contributed by atoms with E-state index in [1.165, 1.54) is 51.4 Å². The lowest BCUT2D eigenvalue weighted by Gasteiger charge is -2.18. The van der Waals surface area contributed by atoms with Crippen molar-refractivity contribution in [3.63, 3.8) is 0 Å². The summed E-state index contributed by atoms with van der Waals surface area (Å²) < 4.78 is 16.8. The molecular weight excluding hydrogens is 793 g/mol. The molecular formula is C58H96O6. The van der Waals surface area contributed by atoms with E-state index in [-0.39, 0.29) is 31.1 Å². The molecule has 0 aromatic heterocycles. The summed E-state index contributed by atoms with van der Waals surface area (Å²) in [7, 11) is 0. The molecule has 0 bridgehead atoms. The number of ether oxygens (including phenoxy) is 3. The molecule has 64 heavy (non-hydrogen) atoms. The van der Waals surface area contributed by atoms with Crippen molar-refractivity contribution in [1.29, 1.82) is 0 Å². The van der Waals surface area contributed by atoms with Crippen LogP contribution in [0.25, 0.3) is 0 Å². The Morgan fingerprint density at radius 3 is 1.05 bits per heavy atom. The van der Waals surface area contributed by atoms with E-state index in [4.69, 9.17) is 14.2 Å². The van der Waals surface area contributed by atoms with E-state index < -0.39 is 6.10 Å². The normalized spacial score (nSPS) is 12.9. The minimum Gasteiger partial charge on any atom is -0.462 e. The van der Waals surface area contributed by atoms with E-state index >= 15 is 0 Å². The van der Waals surface area contributed by atoms with E-state index in [2.05, 4.69) is 118 Å². The van der Waals surface area contributed by atoms with Crippen LogP contribution < -0.4 is 0 Å². The molecule has 0 aromatic rings. The molecule has 0 aliphatic rings. The molecule has 0 radical (unpaired) electrons. The van der Waals surface area contributed by atoms with Crippen LogP contribution in [-0.2, 0) is 28.6 Å². The molecule has 0 fully saturated rings. The van der Waals surface area contributed by atoms with Gasteiger partial charge in [-0.1, -0.05) is 201 Å². The predicted molar refractivity (Wildman–Crippen MR) is 274 cm³/mol. The van der Waals surface area contributed by atoms with Gasteiger partial charge in [0.1, 0.15) is 13.2 Å². The Balaban J connectivity index is 4.47. The second kappa shape index (κ2) is 52.0. The molecule has 0 rings (SSSR count). The maximum Gasteiger partial charge on any atom is 0.306 e. The highest BCUT2D eigenvalue weighted by molar-refractivity contribution is 5.71. The highest BCUT2D eigenvalue weighted by Crippen LogP contribution is 2.13. The van der Waals surface area contributed by atoms with Crippen LogP contribution in [0.2, 0.25) is 0 Å². The van der Waals surface area contributed by atoms with Gasteiger partial charge in [0.2, 0.25) is 0 Å². The van der Waals surface area contributed by atoms with Gasteiger partial charge in [-0.2, -0.15) is 0 Å². The summed E-state index contributed by atoms with van der Waals surface area (Å²) in [6.45, 7) is 6.35. The molecule has 0 aliphatic carbocycles. The Hall–Kier alpha value is -3.67. The molecule has 1 unspecified atom stereocenters. The maximum atomic E-state index is 12.8. The zero-order valence-electron chi connectivity index (χ0n) is 41.5.